The first-order valence-corrected chi connectivity index (χ1v) is 7.51. The Morgan fingerprint density at radius 1 is 1.26 bits per heavy atom. The van der Waals surface area contributed by atoms with Crippen molar-refractivity contribution in [3.05, 3.63) is 46.2 Å². The molecule has 0 aliphatic rings. The van der Waals surface area contributed by atoms with E-state index in [-0.39, 0.29) is 0 Å². The molecule has 0 saturated carbocycles. The van der Waals surface area contributed by atoms with Crippen molar-refractivity contribution in [3.8, 4) is 11.3 Å². The highest BCUT2D eigenvalue weighted by molar-refractivity contribution is 7.71. The lowest BCUT2D eigenvalue weighted by Gasteiger charge is -2.13. The molecule has 3 aromatic rings. The van der Waals surface area contributed by atoms with Crippen molar-refractivity contribution in [2.45, 2.75) is 19.8 Å². The molecule has 1 aromatic carbocycles. The largest absolute Gasteiger partial charge is 0.345 e. The third kappa shape index (κ3) is 2.11. The van der Waals surface area contributed by atoms with Gasteiger partial charge in [-0.3, -0.25) is 0 Å². The minimum atomic E-state index is 0.350. The number of benzene rings is 1. The Kier molecular flexibility index (Phi) is 3.21. The predicted molar refractivity (Wildman–Crippen MR) is 84.3 cm³/mol. The Hall–Kier alpha value is -1.52. The van der Waals surface area contributed by atoms with Gasteiger partial charge in [-0.05, 0) is 22.8 Å². The van der Waals surface area contributed by atoms with Crippen molar-refractivity contribution in [1.29, 1.82) is 0 Å². The van der Waals surface area contributed by atoms with Crippen LogP contribution in [0.2, 0.25) is 0 Å². The predicted octanol–water partition coefficient (Wildman–Crippen LogP) is 5.14. The lowest BCUT2D eigenvalue weighted by atomic mass is 9.98. The molecule has 0 fully saturated rings. The van der Waals surface area contributed by atoms with Gasteiger partial charge in [0.05, 0.1) is 12.0 Å². The first-order chi connectivity index (χ1) is 9.18. The minimum Gasteiger partial charge on any atom is -0.345 e. The Balaban J connectivity index is 2.36. The summed E-state index contributed by atoms with van der Waals surface area (Å²) in [6.45, 7) is 4.30. The zero-order valence-electron chi connectivity index (χ0n) is 10.8. The van der Waals surface area contributed by atoms with Crippen LogP contribution in [0.15, 0.2) is 36.0 Å². The molecule has 0 radical (unpaired) electrons. The van der Waals surface area contributed by atoms with Crippen LogP contribution < -0.4 is 0 Å². The number of aromatic nitrogens is 2. The van der Waals surface area contributed by atoms with Crippen molar-refractivity contribution in [1.82, 2.24) is 9.97 Å². The summed E-state index contributed by atoms with van der Waals surface area (Å²) < 4.78 is 1.98. The van der Waals surface area contributed by atoms with Crippen LogP contribution in [0.5, 0.6) is 0 Å². The van der Waals surface area contributed by atoms with Crippen LogP contribution >= 0.6 is 23.6 Å². The molecule has 96 valence electrons. The molecule has 2 heterocycles. The highest BCUT2D eigenvalue weighted by Crippen LogP contribution is 2.35. The second-order valence-corrected chi connectivity index (χ2v) is 6.10. The van der Waals surface area contributed by atoms with Gasteiger partial charge in [-0.15, -0.1) is 11.3 Å². The van der Waals surface area contributed by atoms with Gasteiger partial charge < -0.3 is 4.98 Å². The maximum absolute atomic E-state index is 5.39. The average molecular weight is 286 g/mol. The van der Waals surface area contributed by atoms with E-state index in [9.17, 15) is 0 Å². The second kappa shape index (κ2) is 4.87. The third-order valence-electron chi connectivity index (χ3n) is 3.22. The van der Waals surface area contributed by atoms with Gasteiger partial charge in [0, 0.05) is 15.8 Å². The van der Waals surface area contributed by atoms with Gasteiger partial charge >= 0.3 is 0 Å². The molecule has 1 N–H and O–H groups in total. The van der Waals surface area contributed by atoms with Gasteiger partial charge in [0.1, 0.15) is 4.64 Å². The molecule has 0 bridgehead atoms. The molecule has 0 aliphatic carbocycles. The van der Waals surface area contributed by atoms with Gasteiger partial charge in [0.15, 0.2) is 0 Å². The van der Waals surface area contributed by atoms with Crippen molar-refractivity contribution in [3.63, 3.8) is 0 Å². The van der Waals surface area contributed by atoms with E-state index in [1.807, 2.05) is 0 Å². The van der Waals surface area contributed by atoms with E-state index in [1.165, 1.54) is 15.6 Å². The first kappa shape index (κ1) is 12.5. The molecule has 0 spiro atoms. The maximum Gasteiger partial charge on any atom is 0.133 e. The summed E-state index contributed by atoms with van der Waals surface area (Å²) in [7, 11) is 0. The number of hydrogen-bond acceptors (Lipinski definition) is 3. The summed E-state index contributed by atoms with van der Waals surface area (Å²) in [5.41, 5.74) is 3.44. The number of thiophene rings is 1. The Morgan fingerprint density at radius 3 is 2.89 bits per heavy atom. The minimum absolute atomic E-state index is 0.350. The standard InChI is InChI=1S/C15H14N2S2/c1-9(2)12-13(16-8-17-15(12)18)11-5-3-4-10-6-7-19-14(10)11/h3-9H,1-2H3,(H,16,17,18). The molecule has 0 unspecified atom stereocenters. The van der Waals surface area contributed by atoms with E-state index < -0.39 is 0 Å². The molecule has 19 heavy (non-hydrogen) atoms. The van der Waals surface area contributed by atoms with Gasteiger partial charge in [0.2, 0.25) is 0 Å². The number of fused-ring (bicyclic) bond motifs is 1. The SMILES string of the molecule is CC(C)c1c(-c2cccc3ccsc23)[nH]cnc1=S. The lowest BCUT2D eigenvalue weighted by molar-refractivity contribution is 0.844. The van der Waals surface area contributed by atoms with Gasteiger partial charge in [-0.2, -0.15) is 0 Å². The number of H-pyrrole nitrogens is 1. The smallest absolute Gasteiger partial charge is 0.133 e. The summed E-state index contributed by atoms with van der Waals surface area (Å²) in [4.78, 5) is 7.50. The number of aromatic amines is 1. The van der Waals surface area contributed by atoms with Crippen LogP contribution in [0.4, 0.5) is 0 Å². The molecule has 0 atom stereocenters. The Labute approximate surface area is 121 Å². The van der Waals surface area contributed by atoms with E-state index in [2.05, 4.69) is 53.5 Å². The number of nitrogens with zero attached hydrogens (tertiary/aromatic N) is 1. The van der Waals surface area contributed by atoms with Crippen molar-refractivity contribution in [2.24, 2.45) is 0 Å². The Bertz CT molecular complexity index is 784. The topological polar surface area (TPSA) is 28.7 Å². The van der Waals surface area contributed by atoms with Crippen molar-refractivity contribution < 1.29 is 0 Å². The van der Waals surface area contributed by atoms with Crippen LogP contribution in [0.1, 0.15) is 25.3 Å². The summed E-state index contributed by atoms with van der Waals surface area (Å²) in [6, 6.07) is 8.52. The van der Waals surface area contributed by atoms with E-state index in [1.54, 1.807) is 17.7 Å². The maximum atomic E-state index is 5.39. The quantitative estimate of drug-likeness (QED) is 0.660. The third-order valence-corrected chi connectivity index (χ3v) is 4.50. The fourth-order valence-electron chi connectivity index (χ4n) is 2.36. The zero-order chi connectivity index (χ0) is 13.4. The summed E-state index contributed by atoms with van der Waals surface area (Å²) in [5, 5.41) is 3.40. The van der Waals surface area contributed by atoms with Gasteiger partial charge in [-0.1, -0.05) is 44.3 Å². The summed E-state index contributed by atoms with van der Waals surface area (Å²) >= 11 is 7.15. The molecular weight excluding hydrogens is 272 g/mol. The van der Waals surface area contributed by atoms with E-state index in [4.69, 9.17) is 12.2 Å². The van der Waals surface area contributed by atoms with E-state index >= 15 is 0 Å². The van der Waals surface area contributed by atoms with Crippen molar-refractivity contribution >= 4 is 33.6 Å². The van der Waals surface area contributed by atoms with Crippen molar-refractivity contribution in [2.75, 3.05) is 0 Å². The van der Waals surface area contributed by atoms with Crippen LogP contribution in [-0.2, 0) is 0 Å². The molecule has 4 heteroatoms. The molecule has 2 aromatic heterocycles. The molecule has 3 rings (SSSR count). The summed E-state index contributed by atoms with van der Waals surface area (Å²) in [6.07, 6.45) is 1.69. The summed E-state index contributed by atoms with van der Waals surface area (Å²) in [5.74, 6) is 0.350. The molecule has 2 nitrogen and oxygen atoms in total. The van der Waals surface area contributed by atoms with E-state index in [0.717, 1.165) is 11.3 Å². The monoisotopic (exact) mass is 286 g/mol. The number of nitrogens with one attached hydrogen (secondary N) is 1. The molecule has 0 amide bonds. The molecular formula is C15H14N2S2. The average Bonchev–Trinajstić information content (AvgIpc) is 2.85. The number of hydrogen-bond donors (Lipinski definition) is 1. The molecule has 0 saturated heterocycles. The van der Waals surface area contributed by atoms with Crippen LogP contribution in [-0.4, -0.2) is 9.97 Å². The van der Waals surface area contributed by atoms with Gasteiger partial charge in [-0.25, -0.2) is 4.98 Å². The fraction of sp³-hybridized carbons (Fsp3) is 0.200. The zero-order valence-corrected chi connectivity index (χ0v) is 12.4. The lowest BCUT2D eigenvalue weighted by Crippen LogP contribution is -1.98. The van der Waals surface area contributed by atoms with E-state index in [0.29, 0.717) is 10.6 Å². The van der Waals surface area contributed by atoms with Crippen LogP contribution in [0, 0.1) is 4.64 Å². The normalized spacial score (nSPS) is 11.3. The first-order valence-electron chi connectivity index (χ1n) is 6.22. The van der Waals surface area contributed by atoms with Gasteiger partial charge in [0.25, 0.3) is 0 Å². The highest BCUT2D eigenvalue weighted by atomic mass is 32.1. The Morgan fingerprint density at radius 2 is 2.11 bits per heavy atom. The highest BCUT2D eigenvalue weighted by Gasteiger charge is 2.14. The van der Waals surface area contributed by atoms with Crippen LogP contribution in [0.25, 0.3) is 21.3 Å². The fourth-order valence-corrected chi connectivity index (χ4v) is 3.67. The second-order valence-electron chi connectivity index (χ2n) is 4.80. The number of rotatable bonds is 2. The van der Waals surface area contributed by atoms with Crippen LogP contribution in [0.3, 0.4) is 0 Å². The molecule has 0 aliphatic heterocycles.